The van der Waals surface area contributed by atoms with Gasteiger partial charge in [-0.25, -0.2) is 10.1 Å². The summed E-state index contributed by atoms with van der Waals surface area (Å²) in [5.74, 6) is -2.87. The van der Waals surface area contributed by atoms with Crippen molar-refractivity contribution in [2.24, 2.45) is 10.8 Å². The van der Waals surface area contributed by atoms with Gasteiger partial charge in [0.1, 0.15) is 17.9 Å². The maximum Gasteiger partial charge on any atom is 0.294 e. The molecule has 2 heterocycles. The predicted octanol–water partition coefficient (Wildman–Crippen LogP) is -2.15. The molecule has 0 saturated heterocycles. The fraction of sp³-hybridized carbons (Fsp3) is 0.0476. The molecule has 2 aromatic heterocycles. The van der Waals surface area contributed by atoms with Crippen LogP contribution >= 0.6 is 0 Å². The number of carbonyl (C=O) groups is 3. The fourth-order valence-corrected chi connectivity index (χ4v) is 3.28. The lowest BCUT2D eigenvalue weighted by molar-refractivity contribution is -0.589. The Bertz CT molecular complexity index is 1480. The number of para-hydroxylation sites is 1. The maximum absolute atomic E-state index is 12.9. The third kappa shape index (κ3) is 4.90. The number of nitrogens with two attached hydrogens (primary N) is 3. The van der Waals surface area contributed by atoms with Gasteiger partial charge in [-0.3, -0.25) is 9.59 Å². The number of rotatable bonds is 9. The van der Waals surface area contributed by atoms with E-state index >= 15 is 0 Å². The summed E-state index contributed by atoms with van der Waals surface area (Å²) < 4.78 is 5.79. The third-order valence-corrected chi connectivity index (χ3v) is 4.97. The molecule has 2 aromatic carbocycles. The molecule has 0 aliphatic rings. The van der Waals surface area contributed by atoms with Crippen molar-refractivity contribution in [1.29, 1.82) is 0 Å². The molecule has 15 nitrogen and oxygen atoms in total. The Morgan fingerprint density at radius 3 is 2.53 bits per heavy atom. The minimum absolute atomic E-state index is 0.000441. The molecule has 0 unspecified atom stereocenters. The number of quaternary nitrogens is 1. The second kappa shape index (κ2) is 10.2. The van der Waals surface area contributed by atoms with E-state index in [2.05, 4.69) is 35.8 Å². The molecular weight excluding hydrogens is 472 g/mol. The topological polar surface area (TPSA) is 237 Å². The van der Waals surface area contributed by atoms with Crippen molar-refractivity contribution in [2.75, 3.05) is 5.73 Å². The van der Waals surface area contributed by atoms with Gasteiger partial charge in [0.05, 0.1) is 17.7 Å². The molecule has 0 aliphatic carbocycles. The van der Waals surface area contributed by atoms with Gasteiger partial charge in [-0.1, -0.05) is 41.6 Å². The SMILES string of the molecule is NC(=O)c1ccccc1[NH2+]Cc1c(C(=O)NN=Cc2ccccc2C(=O)[O-])nnn1-c1nonc1N. The molecule has 36 heavy (non-hydrogen) atoms. The maximum atomic E-state index is 12.9. The van der Waals surface area contributed by atoms with Crippen molar-refractivity contribution < 1.29 is 29.4 Å². The van der Waals surface area contributed by atoms with Crippen LogP contribution in [0, 0.1) is 0 Å². The number of hydrazone groups is 1. The van der Waals surface area contributed by atoms with Crippen molar-refractivity contribution in [3.05, 3.63) is 76.6 Å². The number of hydrogen-bond donors (Lipinski definition) is 4. The van der Waals surface area contributed by atoms with E-state index in [0.29, 0.717) is 5.69 Å². The van der Waals surface area contributed by atoms with Crippen molar-refractivity contribution in [3.8, 4) is 5.82 Å². The predicted molar refractivity (Wildman–Crippen MR) is 120 cm³/mol. The van der Waals surface area contributed by atoms with E-state index in [0.717, 1.165) is 6.21 Å². The Labute approximate surface area is 201 Å². The largest absolute Gasteiger partial charge is 0.545 e. The normalized spacial score (nSPS) is 11.0. The zero-order valence-electron chi connectivity index (χ0n) is 18.4. The van der Waals surface area contributed by atoms with E-state index < -0.39 is 17.8 Å². The lowest BCUT2D eigenvalue weighted by atomic mass is 10.1. The molecule has 0 bridgehead atoms. The van der Waals surface area contributed by atoms with Gasteiger partial charge in [0, 0.05) is 11.1 Å². The van der Waals surface area contributed by atoms with E-state index in [1.165, 1.54) is 22.9 Å². The number of amides is 2. The first-order valence-electron chi connectivity index (χ1n) is 10.3. The van der Waals surface area contributed by atoms with Crippen molar-refractivity contribution >= 4 is 35.5 Å². The first-order chi connectivity index (χ1) is 17.4. The van der Waals surface area contributed by atoms with Gasteiger partial charge in [0.15, 0.2) is 5.69 Å². The highest BCUT2D eigenvalue weighted by Crippen LogP contribution is 2.16. The average Bonchev–Trinajstić information content (AvgIpc) is 3.48. The highest BCUT2D eigenvalue weighted by atomic mass is 16.6. The minimum atomic E-state index is -1.39. The van der Waals surface area contributed by atoms with Gasteiger partial charge in [-0.05, 0) is 22.4 Å². The smallest absolute Gasteiger partial charge is 0.294 e. The van der Waals surface area contributed by atoms with E-state index in [-0.39, 0.29) is 46.3 Å². The molecule has 0 atom stereocenters. The molecular formula is C21H18N10O5. The first-order valence-corrected chi connectivity index (χ1v) is 10.3. The second-order valence-corrected chi connectivity index (χ2v) is 7.20. The van der Waals surface area contributed by atoms with Crippen LogP contribution in [0.4, 0.5) is 11.5 Å². The molecule has 182 valence electrons. The van der Waals surface area contributed by atoms with Crippen molar-refractivity contribution in [3.63, 3.8) is 0 Å². The molecule has 0 radical (unpaired) electrons. The van der Waals surface area contributed by atoms with Crippen LogP contribution in [0.1, 0.15) is 42.5 Å². The molecule has 2 amide bonds. The Hall–Kier alpha value is -5.44. The Balaban J connectivity index is 1.62. The second-order valence-electron chi connectivity index (χ2n) is 7.20. The first kappa shape index (κ1) is 23.7. The van der Waals surface area contributed by atoms with Gasteiger partial charge in [-0.15, -0.1) is 5.10 Å². The van der Waals surface area contributed by atoms with Crippen LogP contribution in [-0.4, -0.2) is 49.3 Å². The fourth-order valence-electron chi connectivity index (χ4n) is 3.28. The van der Waals surface area contributed by atoms with Crippen LogP contribution in [0.2, 0.25) is 0 Å². The number of aromatic nitrogens is 5. The zero-order chi connectivity index (χ0) is 25.7. The number of nitrogens with one attached hydrogen (secondary N) is 1. The number of nitrogen functional groups attached to an aromatic ring is 1. The Morgan fingerprint density at radius 2 is 1.83 bits per heavy atom. The molecule has 0 aliphatic heterocycles. The molecule has 4 rings (SSSR count). The standard InChI is InChI=1S/C21H18N10O5/c22-17-19(29-36-28-17)31-15(10-24-14-8-4-3-7-13(14)18(23)32)16(26-30-31)20(33)27-25-9-11-5-1-2-6-12(11)21(34)35/h1-9,24H,10H2,(H2,22,28)(H2,23,32)(H,27,33)(H,34,35). The van der Waals surface area contributed by atoms with Gasteiger partial charge in [0.2, 0.25) is 11.6 Å². The zero-order valence-corrected chi connectivity index (χ0v) is 18.4. The molecule has 7 N–H and O–H groups in total. The summed E-state index contributed by atoms with van der Waals surface area (Å²) in [4.78, 5) is 35.9. The van der Waals surface area contributed by atoms with Crippen LogP contribution in [0.25, 0.3) is 5.82 Å². The lowest BCUT2D eigenvalue weighted by Crippen LogP contribution is -2.77. The third-order valence-electron chi connectivity index (χ3n) is 4.97. The van der Waals surface area contributed by atoms with Crippen LogP contribution < -0.4 is 27.3 Å². The summed E-state index contributed by atoms with van der Waals surface area (Å²) in [6.45, 7) is 0.0452. The molecule has 0 saturated carbocycles. The summed E-state index contributed by atoms with van der Waals surface area (Å²) in [7, 11) is 0. The van der Waals surface area contributed by atoms with Crippen molar-refractivity contribution in [1.82, 2.24) is 30.7 Å². The summed E-state index contributed by atoms with van der Waals surface area (Å²) in [6.07, 6.45) is 1.15. The van der Waals surface area contributed by atoms with E-state index in [1.807, 2.05) is 0 Å². The summed E-state index contributed by atoms with van der Waals surface area (Å²) in [6, 6.07) is 12.6. The molecule has 15 heteroatoms. The Kier molecular flexibility index (Phi) is 6.73. The minimum Gasteiger partial charge on any atom is -0.545 e. The molecule has 0 fully saturated rings. The summed E-state index contributed by atoms with van der Waals surface area (Å²) >= 11 is 0. The van der Waals surface area contributed by atoms with Crippen molar-refractivity contribution in [2.45, 2.75) is 6.54 Å². The lowest BCUT2D eigenvalue weighted by Gasteiger charge is -2.07. The number of carboxylic acid groups (broad SMARTS) is 1. The summed E-state index contributed by atoms with van der Waals surface area (Å²) in [5.41, 5.74) is 14.5. The van der Waals surface area contributed by atoms with E-state index in [4.69, 9.17) is 11.5 Å². The Morgan fingerprint density at radius 1 is 1.11 bits per heavy atom. The number of aromatic carboxylic acids is 1. The van der Waals surface area contributed by atoms with Gasteiger partial charge < -0.3 is 26.7 Å². The monoisotopic (exact) mass is 490 g/mol. The van der Waals surface area contributed by atoms with Crippen LogP contribution in [-0.2, 0) is 6.54 Å². The number of primary amides is 1. The number of anilines is 1. The highest BCUT2D eigenvalue weighted by molar-refractivity contribution is 5.99. The number of carbonyl (C=O) groups excluding carboxylic acids is 3. The number of hydrogen-bond acceptors (Lipinski definition) is 11. The van der Waals surface area contributed by atoms with Gasteiger partial charge in [-0.2, -0.15) is 9.78 Å². The van der Waals surface area contributed by atoms with Gasteiger partial charge in [0.25, 0.3) is 11.8 Å². The molecule has 4 aromatic rings. The van der Waals surface area contributed by atoms with Gasteiger partial charge >= 0.3 is 0 Å². The number of benzene rings is 2. The quantitative estimate of drug-likeness (QED) is 0.113. The summed E-state index contributed by atoms with van der Waals surface area (Å²) in [5, 5.41) is 31.7. The number of nitrogens with zero attached hydrogens (tertiary/aromatic N) is 6. The average molecular weight is 490 g/mol. The number of carboxylic acids is 1. The van der Waals surface area contributed by atoms with E-state index in [9.17, 15) is 19.5 Å². The van der Waals surface area contributed by atoms with Crippen LogP contribution in [0.15, 0.2) is 58.3 Å². The molecule has 0 spiro atoms. The van der Waals surface area contributed by atoms with Crippen LogP contribution in [0.5, 0.6) is 0 Å². The highest BCUT2D eigenvalue weighted by Gasteiger charge is 2.25. The van der Waals surface area contributed by atoms with Crippen LogP contribution in [0.3, 0.4) is 0 Å². The van der Waals surface area contributed by atoms with E-state index in [1.54, 1.807) is 35.6 Å².